The second-order valence-corrected chi connectivity index (χ2v) is 6.61. The number of thiophene rings is 1. The Morgan fingerprint density at radius 2 is 2.39 bits per heavy atom. The van der Waals surface area contributed by atoms with Gasteiger partial charge in [-0.1, -0.05) is 6.07 Å². The highest BCUT2D eigenvalue weighted by Crippen LogP contribution is 2.34. The number of ether oxygens (including phenoxy) is 1. The van der Waals surface area contributed by atoms with Gasteiger partial charge in [-0.25, -0.2) is 9.59 Å². The predicted octanol–water partition coefficient (Wildman–Crippen LogP) is 2.01. The van der Waals surface area contributed by atoms with Crippen molar-refractivity contribution in [2.45, 2.75) is 25.8 Å². The molecule has 0 aliphatic carbocycles. The van der Waals surface area contributed by atoms with Crippen LogP contribution in [0.15, 0.2) is 28.8 Å². The van der Waals surface area contributed by atoms with Gasteiger partial charge in [-0.05, 0) is 37.8 Å². The average molecular weight is 335 g/mol. The third-order valence-corrected chi connectivity index (χ3v) is 5.15. The Bertz CT molecular complexity index is 612. The van der Waals surface area contributed by atoms with Crippen molar-refractivity contribution in [1.82, 2.24) is 15.5 Å². The third kappa shape index (κ3) is 3.56. The number of likely N-dealkylation sites (tertiary alicyclic amines) is 1. The van der Waals surface area contributed by atoms with E-state index in [9.17, 15) is 9.59 Å². The fourth-order valence-electron chi connectivity index (χ4n) is 3.10. The molecule has 1 aromatic heterocycles. The van der Waals surface area contributed by atoms with Gasteiger partial charge < -0.3 is 15.4 Å². The third-order valence-electron chi connectivity index (χ3n) is 4.17. The zero-order valence-electron chi connectivity index (χ0n) is 13.1. The zero-order valence-corrected chi connectivity index (χ0v) is 13.9. The quantitative estimate of drug-likeness (QED) is 0.808. The number of nitrogens with zero attached hydrogens (tertiary/aromatic N) is 1. The second kappa shape index (κ2) is 7.14. The Morgan fingerprint density at radius 1 is 1.52 bits per heavy atom. The fourth-order valence-corrected chi connectivity index (χ4v) is 4.00. The summed E-state index contributed by atoms with van der Waals surface area (Å²) in [5, 5.41) is 7.51. The molecule has 23 heavy (non-hydrogen) atoms. The molecule has 3 rings (SSSR count). The number of nitrogens with one attached hydrogen (secondary N) is 2. The first-order chi connectivity index (χ1) is 11.2. The van der Waals surface area contributed by atoms with E-state index in [0.717, 1.165) is 19.4 Å². The molecular formula is C16H21N3O3S. The first-order valence-corrected chi connectivity index (χ1v) is 8.78. The highest BCUT2D eigenvalue weighted by atomic mass is 32.1. The van der Waals surface area contributed by atoms with Crippen molar-refractivity contribution in [2.75, 3.05) is 26.2 Å². The maximum absolute atomic E-state index is 12.1. The molecule has 1 fully saturated rings. The van der Waals surface area contributed by atoms with Crippen LogP contribution in [0.4, 0.5) is 4.79 Å². The Morgan fingerprint density at radius 3 is 3.13 bits per heavy atom. The van der Waals surface area contributed by atoms with E-state index in [1.54, 1.807) is 18.3 Å². The second-order valence-electron chi connectivity index (χ2n) is 5.63. The highest BCUT2D eigenvalue weighted by molar-refractivity contribution is 7.10. The number of carbonyl (C=O) groups excluding carboxylic acids is 2. The van der Waals surface area contributed by atoms with Crippen LogP contribution in [0.3, 0.4) is 0 Å². The number of carbonyl (C=O) groups is 2. The Hall–Kier alpha value is -1.86. The van der Waals surface area contributed by atoms with Crippen LogP contribution < -0.4 is 10.6 Å². The van der Waals surface area contributed by atoms with Gasteiger partial charge >= 0.3 is 12.0 Å². The Labute approximate surface area is 139 Å². The van der Waals surface area contributed by atoms with E-state index in [0.29, 0.717) is 30.5 Å². The van der Waals surface area contributed by atoms with E-state index in [2.05, 4.69) is 33.0 Å². The number of esters is 1. The Balaban J connectivity index is 1.79. The summed E-state index contributed by atoms with van der Waals surface area (Å²) in [5.41, 5.74) is 1.18. The van der Waals surface area contributed by atoms with Gasteiger partial charge in [-0.3, -0.25) is 4.90 Å². The molecule has 7 heteroatoms. The number of amides is 2. The van der Waals surface area contributed by atoms with Gasteiger partial charge in [-0.15, -0.1) is 11.3 Å². The molecule has 6 nitrogen and oxygen atoms in total. The summed E-state index contributed by atoms with van der Waals surface area (Å²) in [6.45, 7) is 3.85. The van der Waals surface area contributed by atoms with Gasteiger partial charge in [-0.2, -0.15) is 0 Å². The zero-order chi connectivity index (χ0) is 16.2. The van der Waals surface area contributed by atoms with E-state index in [1.807, 2.05) is 0 Å². The van der Waals surface area contributed by atoms with Crippen LogP contribution in [0, 0.1) is 0 Å². The lowest BCUT2D eigenvalue weighted by atomic mass is 10.1. The molecule has 1 aromatic rings. The van der Waals surface area contributed by atoms with Crippen LogP contribution in [0.5, 0.6) is 0 Å². The topological polar surface area (TPSA) is 70.7 Å². The van der Waals surface area contributed by atoms with Gasteiger partial charge in [0.15, 0.2) is 0 Å². The highest BCUT2D eigenvalue weighted by Gasteiger charge is 2.31. The van der Waals surface area contributed by atoms with Crippen molar-refractivity contribution in [3.8, 4) is 0 Å². The molecular weight excluding hydrogens is 314 g/mol. The van der Waals surface area contributed by atoms with Crippen molar-refractivity contribution in [2.24, 2.45) is 0 Å². The van der Waals surface area contributed by atoms with Gasteiger partial charge in [0.25, 0.3) is 0 Å². The van der Waals surface area contributed by atoms with Gasteiger partial charge in [0.05, 0.1) is 18.7 Å². The monoisotopic (exact) mass is 335 g/mol. The summed E-state index contributed by atoms with van der Waals surface area (Å²) in [4.78, 5) is 27.4. The lowest BCUT2D eigenvalue weighted by Crippen LogP contribution is -2.46. The molecule has 1 atom stereocenters. The average Bonchev–Trinajstić information content (AvgIpc) is 3.18. The van der Waals surface area contributed by atoms with Crippen molar-refractivity contribution < 1.29 is 14.3 Å². The molecule has 2 aliphatic rings. The minimum Gasteiger partial charge on any atom is -0.463 e. The molecule has 0 saturated carbocycles. The largest absolute Gasteiger partial charge is 0.463 e. The fraction of sp³-hybridized carbons (Fsp3) is 0.500. The number of urea groups is 1. The van der Waals surface area contributed by atoms with Crippen LogP contribution >= 0.6 is 11.3 Å². The minimum atomic E-state index is -0.359. The summed E-state index contributed by atoms with van der Waals surface area (Å²) in [7, 11) is 0. The van der Waals surface area contributed by atoms with E-state index >= 15 is 0 Å². The molecule has 2 aliphatic heterocycles. The molecule has 1 saturated heterocycles. The van der Waals surface area contributed by atoms with Crippen LogP contribution in [0.1, 0.15) is 30.7 Å². The molecule has 0 radical (unpaired) electrons. The lowest BCUT2D eigenvalue weighted by Gasteiger charge is -2.28. The van der Waals surface area contributed by atoms with Gasteiger partial charge in [0.1, 0.15) is 0 Å². The van der Waals surface area contributed by atoms with Crippen molar-refractivity contribution in [3.05, 3.63) is 33.7 Å². The summed E-state index contributed by atoms with van der Waals surface area (Å²) < 4.78 is 5.11. The summed E-state index contributed by atoms with van der Waals surface area (Å²) in [5.74, 6) is -0.359. The van der Waals surface area contributed by atoms with Crippen LogP contribution in [-0.2, 0) is 9.53 Å². The maximum atomic E-state index is 12.1. The van der Waals surface area contributed by atoms with E-state index in [1.165, 1.54) is 4.88 Å². The summed E-state index contributed by atoms with van der Waals surface area (Å²) in [6, 6.07) is 4.30. The van der Waals surface area contributed by atoms with E-state index in [-0.39, 0.29) is 18.5 Å². The van der Waals surface area contributed by atoms with Crippen LogP contribution in [-0.4, -0.2) is 43.1 Å². The lowest BCUT2D eigenvalue weighted by molar-refractivity contribution is -0.138. The maximum Gasteiger partial charge on any atom is 0.337 e. The standard InChI is InChI=1S/C16H21N3O3S/c1-2-22-15(20)11-9-17-16(21)18-12(11)10-19-7-3-5-13(19)14-6-4-8-23-14/h4,6,8,13H,2-3,5,7,9-10H2,1H3,(H2,17,18,21)/t13-/m0/s1. The first-order valence-electron chi connectivity index (χ1n) is 7.90. The van der Waals surface area contributed by atoms with Crippen LogP contribution in [0.2, 0.25) is 0 Å². The molecule has 3 heterocycles. The number of hydrogen-bond acceptors (Lipinski definition) is 5. The van der Waals surface area contributed by atoms with Gasteiger partial charge in [0, 0.05) is 23.2 Å². The van der Waals surface area contributed by atoms with E-state index in [4.69, 9.17) is 4.74 Å². The predicted molar refractivity (Wildman–Crippen MR) is 88.1 cm³/mol. The smallest absolute Gasteiger partial charge is 0.337 e. The number of hydrogen-bond donors (Lipinski definition) is 2. The summed E-state index contributed by atoms with van der Waals surface area (Å²) >= 11 is 1.75. The minimum absolute atomic E-state index is 0.220. The molecule has 0 aromatic carbocycles. The van der Waals surface area contributed by atoms with Crippen molar-refractivity contribution in [1.29, 1.82) is 0 Å². The molecule has 0 spiro atoms. The SMILES string of the molecule is CCOC(=O)C1=C(CN2CCC[C@H]2c2cccs2)NC(=O)NC1. The van der Waals surface area contributed by atoms with Crippen molar-refractivity contribution >= 4 is 23.3 Å². The molecule has 0 unspecified atom stereocenters. The first kappa shape index (κ1) is 16.0. The molecule has 0 bridgehead atoms. The molecule has 2 amide bonds. The van der Waals surface area contributed by atoms with E-state index < -0.39 is 0 Å². The van der Waals surface area contributed by atoms with Gasteiger partial charge in [0.2, 0.25) is 0 Å². The normalized spacial score (nSPS) is 22.0. The number of rotatable bonds is 5. The summed E-state index contributed by atoms with van der Waals surface area (Å²) in [6.07, 6.45) is 2.23. The van der Waals surface area contributed by atoms with Crippen LogP contribution in [0.25, 0.3) is 0 Å². The molecule has 2 N–H and O–H groups in total. The van der Waals surface area contributed by atoms with Crippen molar-refractivity contribution in [3.63, 3.8) is 0 Å². The molecule has 124 valence electrons. The Kier molecular flexibility index (Phi) is 4.97.